The van der Waals surface area contributed by atoms with Crippen molar-refractivity contribution in [3.8, 4) is 11.1 Å². The lowest BCUT2D eigenvalue weighted by atomic mass is 9.98. The van der Waals surface area contributed by atoms with Crippen molar-refractivity contribution < 1.29 is 22.1 Å². The molecule has 1 aliphatic carbocycles. The first kappa shape index (κ1) is 23.0. The molecule has 0 saturated heterocycles. The van der Waals surface area contributed by atoms with E-state index in [1.54, 1.807) is 12.1 Å². The van der Waals surface area contributed by atoms with Gasteiger partial charge in [-0.15, -0.1) is 0 Å². The summed E-state index contributed by atoms with van der Waals surface area (Å²) in [7, 11) is -2.70. The largest absolute Gasteiger partial charge is 0.448 e. The van der Waals surface area contributed by atoms with E-state index in [4.69, 9.17) is 4.74 Å². The fraction of sp³-hybridized carbons (Fsp3) is 0.185. The number of nitrogens with zero attached hydrogens (tertiary/aromatic N) is 1. The van der Waals surface area contributed by atoms with Crippen molar-refractivity contribution in [3.63, 3.8) is 0 Å². The first-order valence-corrected chi connectivity index (χ1v) is 12.7. The third-order valence-corrected chi connectivity index (χ3v) is 7.39. The molecule has 1 amide bonds. The van der Waals surface area contributed by atoms with Crippen LogP contribution in [0.4, 0.5) is 10.5 Å². The highest BCUT2D eigenvalue weighted by atomic mass is 32.2. The highest BCUT2D eigenvalue weighted by molar-refractivity contribution is 7.85. The van der Waals surface area contributed by atoms with E-state index in [-0.39, 0.29) is 12.5 Å². The summed E-state index contributed by atoms with van der Waals surface area (Å²) < 4.78 is 34.6. The predicted molar refractivity (Wildman–Crippen MR) is 135 cm³/mol. The summed E-state index contributed by atoms with van der Waals surface area (Å²) in [4.78, 5) is 17.3. The van der Waals surface area contributed by atoms with Gasteiger partial charge < -0.3 is 4.74 Å². The number of carbonyl (C=O) groups excluding carboxylic acids is 1. The zero-order chi connectivity index (χ0) is 24.6. The minimum atomic E-state index is -3.81. The summed E-state index contributed by atoms with van der Waals surface area (Å²) >= 11 is 0. The molecule has 7 nitrogen and oxygen atoms in total. The van der Waals surface area contributed by atoms with E-state index in [1.807, 2.05) is 55.5 Å². The molecule has 8 heteroatoms. The number of nitrogens with one attached hydrogen (secondary N) is 1. The molecule has 1 N–H and O–H groups in total. The average Bonchev–Trinajstić information content (AvgIpc) is 3.17. The van der Waals surface area contributed by atoms with Crippen molar-refractivity contribution in [2.75, 3.05) is 19.0 Å². The van der Waals surface area contributed by atoms with Crippen LogP contribution in [0, 0.1) is 6.92 Å². The summed E-state index contributed by atoms with van der Waals surface area (Å²) in [6.45, 7) is 2.01. The van der Waals surface area contributed by atoms with Gasteiger partial charge in [0.05, 0.1) is 18.3 Å². The van der Waals surface area contributed by atoms with E-state index in [9.17, 15) is 13.2 Å². The van der Waals surface area contributed by atoms with E-state index in [0.717, 1.165) is 40.4 Å². The molecule has 0 spiro atoms. The number of anilines is 1. The molecule has 0 atom stereocenters. The summed E-state index contributed by atoms with van der Waals surface area (Å²) in [5, 5.41) is 3.48. The molecule has 35 heavy (non-hydrogen) atoms. The summed E-state index contributed by atoms with van der Waals surface area (Å²) in [6, 6.07) is 23.2. The van der Waals surface area contributed by atoms with Crippen LogP contribution in [0.1, 0.15) is 28.3 Å². The van der Waals surface area contributed by atoms with Crippen LogP contribution in [0.25, 0.3) is 22.0 Å². The van der Waals surface area contributed by atoms with Crippen LogP contribution >= 0.6 is 0 Å². The lowest BCUT2D eigenvalue weighted by molar-refractivity contribution is 0.158. The third-order valence-electron chi connectivity index (χ3n) is 6.22. The average molecular weight is 489 g/mol. The van der Waals surface area contributed by atoms with E-state index in [0.29, 0.717) is 16.8 Å². The van der Waals surface area contributed by atoms with E-state index < -0.39 is 22.0 Å². The molecule has 0 fully saturated rings. The number of benzene rings is 3. The summed E-state index contributed by atoms with van der Waals surface area (Å²) in [6.07, 6.45) is -0.671. The van der Waals surface area contributed by atoms with Crippen LogP contribution in [0.15, 0.2) is 72.8 Å². The van der Waals surface area contributed by atoms with Gasteiger partial charge in [0.25, 0.3) is 10.1 Å². The standard InChI is InChI=1S/C27H24N2O5S/c1-17-11-12-18-13-19(16-35(31,32)33-2)26(14-25(18)28-17)29-27(30)34-15-24-22-9-5-3-7-20(22)21-8-4-6-10-23(21)24/h3-14,24H,15-16H2,1-2H3,(H,29,30). The SMILES string of the molecule is COS(=O)(=O)Cc1cc2ccc(C)nc2cc1NC(=O)OCC1c2ccccc2-c2ccccc21. The molecule has 5 rings (SSSR count). The van der Waals surface area contributed by atoms with Crippen molar-refractivity contribution in [1.82, 2.24) is 4.98 Å². The summed E-state index contributed by atoms with van der Waals surface area (Å²) in [5.41, 5.74) is 6.64. The maximum Gasteiger partial charge on any atom is 0.411 e. The summed E-state index contributed by atoms with van der Waals surface area (Å²) in [5.74, 6) is -0.478. The van der Waals surface area contributed by atoms with Crippen LogP contribution in [-0.2, 0) is 24.8 Å². The van der Waals surface area contributed by atoms with E-state index in [2.05, 4.69) is 26.6 Å². The maximum atomic E-state index is 12.8. The topological polar surface area (TPSA) is 94.6 Å². The Hall–Kier alpha value is -3.75. The molecule has 0 bridgehead atoms. The van der Waals surface area contributed by atoms with Gasteiger partial charge >= 0.3 is 6.09 Å². The van der Waals surface area contributed by atoms with Crippen molar-refractivity contribution >= 4 is 32.8 Å². The van der Waals surface area contributed by atoms with Gasteiger partial charge in [-0.05, 0) is 52.9 Å². The third kappa shape index (κ3) is 4.62. The molecular weight excluding hydrogens is 464 g/mol. The smallest absolute Gasteiger partial charge is 0.411 e. The highest BCUT2D eigenvalue weighted by Gasteiger charge is 2.29. The number of aryl methyl sites for hydroxylation is 1. The van der Waals surface area contributed by atoms with Gasteiger partial charge in [-0.2, -0.15) is 8.42 Å². The zero-order valence-electron chi connectivity index (χ0n) is 19.3. The number of fused-ring (bicyclic) bond motifs is 4. The number of hydrogen-bond acceptors (Lipinski definition) is 6. The molecule has 3 aromatic carbocycles. The molecule has 4 aromatic rings. The molecular formula is C27H24N2O5S. The Morgan fingerprint density at radius 1 is 0.971 bits per heavy atom. The van der Waals surface area contributed by atoms with E-state index in [1.165, 1.54) is 0 Å². The van der Waals surface area contributed by atoms with Gasteiger partial charge in [-0.25, -0.2) is 4.79 Å². The molecule has 0 aliphatic heterocycles. The second-order valence-electron chi connectivity index (χ2n) is 8.47. The molecule has 1 aliphatic rings. The highest BCUT2D eigenvalue weighted by Crippen LogP contribution is 2.44. The Balaban J connectivity index is 1.40. The first-order valence-electron chi connectivity index (χ1n) is 11.2. The lowest BCUT2D eigenvalue weighted by Crippen LogP contribution is -2.19. The zero-order valence-corrected chi connectivity index (χ0v) is 20.1. The van der Waals surface area contributed by atoms with Crippen LogP contribution in [-0.4, -0.2) is 33.2 Å². The Morgan fingerprint density at radius 2 is 1.63 bits per heavy atom. The number of rotatable bonds is 6. The Kier molecular flexibility index (Phi) is 6.00. The van der Waals surface area contributed by atoms with Gasteiger partial charge in [0, 0.05) is 17.0 Å². The number of pyridine rings is 1. The van der Waals surface area contributed by atoms with Crippen LogP contribution in [0.5, 0.6) is 0 Å². The number of carbonyl (C=O) groups is 1. The van der Waals surface area contributed by atoms with E-state index >= 15 is 0 Å². The number of aromatic nitrogens is 1. The minimum absolute atomic E-state index is 0.0811. The first-order chi connectivity index (χ1) is 16.8. The monoisotopic (exact) mass is 488 g/mol. The molecule has 0 unspecified atom stereocenters. The minimum Gasteiger partial charge on any atom is -0.448 e. The Labute approximate surface area is 203 Å². The molecule has 1 aromatic heterocycles. The van der Waals surface area contributed by atoms with Gasteiger partial charge in [0.15, 0.2) is 0 Å². The quantitative estimate of drug-likeness (QED) is 0.366. The second kappa shape index (κ2) is 9.13. The Bertz CT molecular complexity index is 1500. The maximum absolute atomic E-state index is 12.8. The van der Waals surface area contributed by atoms with Gasteiger partial charge in [-0.3, -0.25) is 14.5 Å². The van der Waals surface area contributed by atoms with Crippen LogP contribution in [0.2, 0.25) is 0 Å². The van der Waals surface area contributed by atoms with Crippen LogP contribution < -0.4 is 5.32 Å². The molecule has 0 saturated carbocycles. The van der Waals surface area contributed by atoms with Gasteiger partial charge in [0.1, 0.15) is 12.4 Å². The fourth-order valence-corrected chi connectivity index (χ4v) is 5.29. The second-order valence-corrected chi connectivity index (χ2v) is 10.2. The predicted octanol–water partition coefficient (Wildman–Crippen LogP) is 5.38. The lowest BCUT2D eigenvalue weighted by Gasteiger charge is -2.16. The van der Waals surface area contributed by atoms with Crippen LogP contribution in [0.3, 0.4) is 0 Å². The molecule has 0 radical (unpaired) electrons. The number of ether oxygens (including phenoxy) is 1. The van der Waals surface area contributed by atoms with Crippen molar-refractivity contribution in [2.24, 2.45) is 0 Å². The van der Waals surface area contributed by atoms with Gasteiger partial charge in [-0.1, -0.05) is 54.6 Å². The van der Waals surface area contributed by atoms with Crippen molar-refractivity contribution in [1.29, 1.82) is 0 Å². The number of amides is 1. The van der Waals surface area contributed by atoms with Crippen molar-refractivity contribution in [3.05, 3.63) is 95.2 Å². The Morgan fingerprint density at radius 3 is 2.29 bits per heavy atom. The fourth-order valence-electron chi connectivity index (χ4n) is 4.55. The van der Waals surface area contributed by atoms with Gasteiger partial charge in [0.2, 0.25) is 0 Å². The molecule has 1 heterocycles. The molecule has 178 valence electrons. The van der Waals surface area contributed by atoms with Crippen molar-refractivity contribution in [2.45, 2.75) is 18.6 Å². The normalized spacial score (nSPS) is 12.9. The number of hydrogen-bond donors (Lipinski definition) is 1.